The Hall–Kier alpha value is -3.83. The topological polar surface area (TPSA) is 50.4 Å². The van der Waals surface area contributed by atoms with Gasteiger partial charge >= 0.3 is 18.6 Å². The summed E-state index contributed by atoms with van der Waals surface area (Å²) < 4.78 is 112. The number of halogens is 8. The number of rotatable bonds is 10. The Labute approximate surface area is 212 Å². The van der Waals surface area contributed by atoms with Crippen LogP contribution in [0.25, 0.3) is 0 Å². The van der Waals surface area contributed by atoms with E-state index in [-0.39, 0.29) is 17.5 Å². The average molecular weight is 546 g/mol. The van der Waals surface area contributed by atoms with Crippen molar-refractivity contribution in [2.75, 3.05) is 6.54 Å². The van der Waals surface area contributed by atoms with Gasteiger partial charge < -0.3 is 15.4 Å². The lowest BCUT2D eigenvalue weighted by atomic mass is 9.77. The number of hydrogen-bond acceptors (Lipinski definition) is 2. The summed E-state index contributed by atoms with van der Waals surface area (Å²) in [5.41, 5.74) is -1.57. The molecule has 0 saturated carbocycles. The highest BCUT2D eigenvalue weighted by Gasteiger charge is 2.45. The first-order valence-electron chi connectivity index (χ1n) is 11.1. The van der Waals surface area contributed by atoms with Gasteiger partial charge in [0.15, 0.2) is 0 Å². The Morgan fingerprint density at radius 1 is 0.868 bits per heavy atom. The summed E-state index contributed by atoms with van der Waals surface area (Å²) >= 11 is 0. The summed E-state index contributed by atoms with van der Waals surface area (Å²) in [6.45, 7) is -0.522. The fourth-order valence-electron chi connectivity index (χ4n) is 3.74. The van der Waals surface area contributed by atoms with Crippen molar-refractivity contribution in [3.05, 3.63) is 101 Å². The van der Waals surface area contributed by atoms with Crippen LogP contribution in [-0.2, 0) is 12.0 Å². The zero-order chi connectivity index (χ0) is 28.1. The molecule has 2 amide bonds. The average Bonchev–Trinajstić information content (AvgIpc) is 2.82. The minimum absolute atomic E-state index is 0.0957. The van der Waals surface area contributed by atoms with Crippen LogP contribution in [0.5, 0.6) is 5.75 Å². The Bertz CT molecular complexity index is 1230. The third-order valence-electron chi connectivity index (χ3n) is 5.41. The number of amides is 2. The SMILES string of the molecule is CC(F)(F)CNC(=O)NC(Cc1ccccc1)(c1ccc(F)cc1)c1cc(F)cc(OC(F)(F)C(F)F)c1. The first kappa shape index (κ1) is 28.7. The van der Waals surface area contributed by atoms with Gasteiger partial charge in [0.2, 0.25) is 0 Å². The van der Waals surface area contributed by atoms with E-state index in [4.69, 9.17) is 0 Å². The van der Waals surface area contributed by atoms with Crippen molar-refractivity contribution in [1.82, 2.24) is 10.6 Å². The summed E-state index contributed by atoms with van der Waals surface area (Å²) in [4.78, 5) is 12.8. The lowest BCUT2D eigenvalue weighted by molar-refractivity contribution is -0.253. The van der Waals surface area contributed by atoms with Gasteiger partial charge in [-0.15, -0.1) is 0 Å². The molecule has 0 bridgehead atoms. The number of hydrogen-bond donors (Lipinski definition) is 2. The molecule has 12 heteroatoms. The van der Waals surface area contributed by atoms with Crippen molar-refractivity contribution < 1.29 is 44.7 Å². The Morgan fingerprint density at radius 2 is 1.50 bits per heavy atom. The summed E-state index contributed by atoms with van der Waals surface area (Å²) in [5, 5.41) is 4.46. The summed E-state index contributed by atoms with van der Waals surface area (Å²) in [6.07, 6.45) is -9.43. The van der Waals surface area contributed by atoms with Crippen LogP contribution in [0.15, 0.2) is 72.8 Å². The normalized spacial score (nSPS) is 13.6. The van der Waals surface area contributed by atoms with Crippen LogP contribution in [0.3, 0.4) is 0 Å². The van der Waals surface area contributed by atoms with Crippen LogP contribution in [0.4, 0.5) is 39.9 Å². The second kappa shape index (κ2) is 11.3. The predicted molar refractivity (Wildman–Crippen MR) is 122 cm³/mol. The van der Waals surface area contributed by atoms with Crippen LogP contribution >= 0.6 is 0 Å². The van der Waals surface area contributed by atoms with E-state index in [1.54, 1.807) is 30.3 Å². The summed E-state index contributed by atoms with van der Waals surface area (Å²) in [6, 6.07) is 13.5. The number of carbonyl (C=O) groups excluding carboxylic acids is 1. The quantitative estimate of drug-likeness (QED) is 0.280. The molecule has 3 aromatic carbocycles. The molecule has 1 unspecified atom stereocenters. The van der Waals surface area contributed by atoms with Gasteiger partial charge in [-0.2, -0.15) is 17.6 Å². The molecule has 0 radical (unpaired) electrons. The predicted octanol–water partition coefficient (Wildman–Crippen LogP) is 6.64. The van der Waals surface area contributed by atoms with Crippen molar-refractivity contribution in [2.45, 2.75) is 37.3 Å². The van der Waals surface area contributed by atoms with E-state index in [2.05, 4.69) is 10.1 Å². The second-order valence-electron chi connectivity index (χ2n) is 8.59. The van der Waals surface area contributed by atoms with Crippen molar-refractivity contribution >= 4 is 6.03 Å². The van der Waals surface area contributed by atoms with Gasteiger partial charge in [-0.1, -0.05) is 42.5 Å². The maximum atomic E-state index is 14.7. The third kappa shape index (κ3) is 7.36. The zero-order valence-corrected chi connectivity index (χ0v) is 19.8. The molecule has 2 N–H and O–H groups in total. The van der Waals surface area contributed by atoms with Gasteiger partial charge in [0.25, 0.3) is 5.92 Å². The lowest BCUT2D eigenvalue weighted by Crippen LogP contribution is -2.53. The van der Waals surface area contributed by atoms with Crippen LogP contribution < -0.4 is 15.4 Å². The van der Waals surface area contributed by atoms with E-state index >= 15 is 0 Å². The van der Waals surface area contributed by atoms with E-state index in [0.29, 0.717) is 18.6 Å². The Morgan fingerprint density at radius 3 is 2.08 bits per heavy atom. The Kier molecular flexibility index (Phi) is 8.53. The second-order valence-corrected chi connectivity index (χ2v) is 8.59. The smallest absolute Gasteiger partial charge is 0.428 e. The number of nitrogens with one attached hydrogen (secondary N) is 2. The highest BCUT2D eigenvalue weighted by molar-refractivity contribution is 5.76. The van der Waals surface area contributed by atoms with Crippen molar-refractivity contribution in [3.8, 4) is 5.75 Å². The van der Waals surface area contributed by atoms with E-state index in [0.717, 1.165) is 24.3 Å². The number of carbonyl (C=O) groups is 1. The minimum atomic E-state index is -4.97. The highest BCUT2D eigenvalue weighted by Crippen LogP contribution is 2.38. The summed E-state index contributed by atoms with van der Waals surface area (Å²) in [7, 11) is 0. The van der Waals surface area contributed by atoms with Crippen LogP contribution in [0.2, 0.25) is 0 Å². The van der Waals surface area contributed by atoms with Crippen molar-refractivity contribution in [3.63, 3.8) is 0 Å². The fraction of sp³-hybridized carbons (Fsp3) is 0.269. The van der Waals surface area contributed by atoms with Gasteiger partial charge in [0.05, 0.1) is 12.1 Å². The molecule has 0 aliphatic rings. The molecule has 204 valence electrons. The molecule has 0 aliphatic carbocycles. The zero-order valence-electron chi connectivity index (χ0n) is 19.8. The molecule has 0 heterocycles. The standard InChI is InChI=1S/C26H22F8N2O2/c1-24(31,32)15-35-23(37)36-25(14-16-5-3-2-4-6-16,17-7-9-19(27)10-8-17)18-11-20(28)13-21(12-18)38-26(33,34)22(29)30/h2-13,22H,14-15H2,1H3,(H2,35,36,37). The van der Waals surface area contributed by atoms with Gasteiger partial charge in [-0.3, -0.25) is 0 Å². The van der Waals surface area contributed by atoms with E-state index < -0.39 is 54.0 Å². The third-order valence-corrected chi connectivity index (χ3v) is 5.41. The molecular weight excluding hydrogens is 524 g/mol. The van der Waals surface area contributed by atoms with Gasteiger partial charge in [0, 0.05) is 19.4 Å². The number of ether oxygens (including phenoxy) is 1. The Balaban J connectivity index is 2.21. The van der Waals surface area contributed by atoms with E-state index in [1.165, 1.54) is 12.1 Å². The monoisotopic (exact) mass is 546 g/mol. The van der Waals surface area contributed by atoms with E-state index in [1.807, 2.05) is 5.32 Å². The van der Waals surface area contributed by atoms with Crippen molar-refractivity contribution in [1.29, 1.82) is 0 Å². The van der Waals surface area contributed by atoms with Crippen LogP contribution in [0, 0.1) is 11.6 Å². The first-order chi connectivity index (χ1) is 17.7. The maximum Gasteiger partial charge on any atom is 0.461 e. The molecule has 0 aromatic heterocycles. The van der Waals surface area contributed by atoms with Gasteiger partial charge in [0.1, 0.15) is 17.4 Å². The minimum Gasteiger partial charge on any atom is -0.428 e. The van der Waals surface area contributed by atoms with Crippen LogP contribution in [0.1, 0.15) is 23.6 Å². The number of urea groups is 1. The summed E-state index contributed by atoms with van der Waals surface area (Å²) in [5.74, 6) is -6.16. The maximum absolute atomic E-state index is 14.7. The molecule has 0 fully saturated rings. The highest BCUT2D eigenvalue weighted by atomic mass is 19.3. The van der Waals surface area contributed by atoms with Crippen molar-refractivity contribution in [2.24, 2.45) is 0 Å². The van der Waals surface area contributed by atoms with Gasteiger partial charge in [-0.25, -0.2) is 22.4 Å². The largest absolute Gasteiger partial charge is 0.461 e. The number of benzene rings is 3. The lowest BCUT2D eigenvalue weighted by Gasteiger charge is -2.37. The molecule has 4 nitrogen and oxygen atoms in total. The molecule has 0 spiro atoms. The molecule has 3 rings (SSSR count). The molecule has 0 aliphatic heterocycles. The number of alkyl halides is 6. The van der Waals surface area contributed by atoms with E-state index in [9.17, 15) is 39.9 Å². The molecule has 1 atom stereocenters. The molecule has 0 saturated heterocycles. The van der Waals surface area contributed by atoms with Crippen LogP contribution in [-0.4, -0.2) is 31.0 Å². The van der Waals surface area contributed by atoms with Gasteiger partial charge in [-0.05, 0) is 41.0 Å². The molecule has 3 aromatic rings. The first-order valence-corrected chi connectivity index (χ1v) is 11.1. The molecule has 38 heavy (non-hydrogen) atoms. The molecular formula is C26H22F8N2O2. The fourth-order valence-corrected chi connectivity index (χ4v) is 3.74.